The number of aromatic nitrogens is 1. The summed E-state index contributed by atoms with van der Waals surface area (Å²) in [6.07, 6.45) is -0.719. The number of ketones is 1. The summed E-state index contributed by atoms with van der Waals surface area (Å²) >= 11 is 0. The van der Waals surface area contributed by atoms with Crippen LogP contribution >= 0.6 is 0 Å². The molecule has 3 rings (SSSR count). The van der Waals surface area contributed by atoms with Crippen molar-refractivity contribution in [2.45, 2.75) is 31.8 Å². The Morgan fingerprint density at radius 2 is 1.83 bits per heavy atom. The van der Waals surface area contributed by atoms with Crippen molar-refractivity contribution in [2.24, 2.45) is 0 Å². The number of sulfonamides is 1. The Hall–Kier alpha value is -2.27. The van der Waals surface area contributed by atoms with Gasteiger partial charge in [0.25, 0.3) is 0 Å². The average molecular weight is 438 g/mol. The molecular formula is C20H27N3O6S. The van der Waals surface area contributed by atoms with Crippen LogP contribution in [0, 0.1) is 13.8 Å². The number of nitrogens with zero attached hydrogens (tertiary/aromatic N) is 3. The van der Waals surface area contributed by atoms with Gasteiger partial charge < -0.3 is 14.4 Å². The molecule has 1 aromatic heterocycles. The van der Waals surface area contributed by atoms with Crippen LogP contribution in [0.1, 0.15) is 28.7 Å². The summed E-state index contributed by atoms with van der Waals surface area (Å²) in [5.74, 6) is 0.852. The van der Waals surface area contributed by atoms with Gasteiger partial charge in [0.2, 0.25) is 10.0 Å². The van der Waals surface area contributed by atoms with Crippen LogP contribution in [0.15, 0.2) is 33.7 Å². The molecule has 9 nitrogen and oxygen atoms in total. The molecule has 0 saturated carbocycles. The lowest BCUT2D eigenvalue weighted by Crippen LogP contribution is -2.50. The summed E-state index contributed by atoms with van der Waals surface area (Å²) in [6.45, 7) is 6.86. The van der Waals surface area contributed by atoms with Gasteiger partial charge in [0.05, 0.1) is 0 Å². The molecule has 1 aromatic carbocycles. The summed E-state index contributed by atoms with van der Waals surface area (Å²) in [5, 5.41) is 14.0. The molecule has 2 aromatic rings. The first-order valence-corrected chi connectivity index (χ1v) is 11.2. The molecule has 1 saturated heterocycles. The smallest absolute Gasteiger partial charge is 0.248 e. The van der Waals surface area contributed by atoms with E-state index in [1.54, 1.807) is 38.1 Å². The monoisotopic (exact) mass is 437 g/mol. The van der Waals surface area contributed by atoms with Crippen molar-refractivity contribution in [3.8, 4) is 5.75 Å². The Balaban J connectivity index is 1.48. The fourth-order valence-electron chi connectivity index (χ4n) is 3.45. The number of ether oxygens (including phenoxy) is 1. The van der Waals surface area contributed by atoms with Gasteiger partial charge >= 0.3 is 0 Å². The highest BCUT2D eigenvalue weighted by Gasteiger charge is 2.33. The van der Waals surface area contributed by atoms with Crippen LogP contribution in [0.4, 0.5) is 0 Å². The molecule has 1 N–H and O–H groups in total. The molecule has 10 heteroatoms. The second kappa shape index (κ2) is 9.25. The van der Waals surface area contributed by atoms with Crippen molar-refractivity contribution in [1.29, 1.82) is 0 Å². The van der Waals surface area contributed by atoms with Gasteiger partial charge in [-0.05, 0) is 45.0 Å². The van der Waals surface area contributed by atoms with Crippen molar-refractivity contribution in [1.82, 2.24) is 14.4 Å². The van der Waals surface area contributed by atoms with E-state index in [1.807, 2.05) is 4.90 Å². The van der Waals surface area contributed by atoms with Gasteiger partial charge in [-0.3, -0.25) is 9.69 Å². The third-order valence-electron chi connectivity index (χ3n) is 5.07. The molecule has 0 amide bonds. The molecular weight excluding hydrogens is 410 g/mol. The molecule has 164 valence electrons. The predicted octanol–water partition coefficient (Wildman–Crippen LogP) is 1.24. The Morgan fingerprint density at radius 1 is 1.20 bits per heavy atom. The Labute approximate surface area is 176 Å². The fourth-order valence-corrected chi connectivity index (χ4v) is 5.17. The Morgan fingerprint density at radius 3 is 2.37 bits per heavy atom. The van der Waals surface area contributed by atoms with Crippen LogP contribution < -0.4 is 4.74 Å². The van der Waals surface area contributed by atoms with Crippen LogP contribution in [0.5, 0.6) is 5.75 Å². The highest BCUT2D eigenvalue weighted by molar-refractivity contribution is 7.89. The van der Waals surface area contributed by atoms with Crippen molar-refractivity contribution in [3.63, 3.8) is 0 Å². The molecule has 1 aliphatic rings. The number of β-amino-alcohol motifs (C(OH)–C–C–N with tert-alkyl or cyclic N) is 1. The first kappa shape index (κ1) is 22.4. The number of carbonyl (C=O) groups is 1. The number of benzene rings is 1. The van der Waals surface area contributed by atoms with E-state index in [0.717, 1.165) is 0 Å². The number of aliphatic hydroxyl groups excluding tert-OH is 1. The zero-order valence-electron chi connectivity index (χ0n) is 17.4. The highest BCUT2D eigenvalue weighted by atomic mass is 32.2. The lowest BCUT2D eigenvalue weighted by molar-refractivity contribution is 0.0569. The number of rotatable bonds is 8. The Kier molecular flexibility index (Phi) is 6.91. The molecule has 30 heavy (non-hydrogen) atoms. The summed E-state index contributed by atoms with van der Waals surface area (Å²) in [6, 6.07) is 6.76. The van der Waals surface area contributed by atoms with Crippen LogP contribution in [-0.2, 0) is 10.0 Å². The lowest BCUT2D eigenvalue weighted by Gasteiger charge is -2.34. The largest absolute Gasteiger partial charge is 0.491 e. The quantitative estimate of drug-likeness (QED) is 0.614. The van der Waals surface area contributed by atoms with Crippen molar-refractivity contribution < 1.29 is 27.6 Å². The summed E-state index contributed by atoms with van der Waals surface area (Å²) in [7, 11) is -3.65. The SMILES string of the molecule is CC(=O)c1ccc(OC[C@H](O)CN2CCN(S(=O)(=O)c3c(C)noc3C)CC2)cc1. The lowest BCUT2D eigenvalue weighted by atomic mass is 10.1. The van der Waals surface area contributed by atoms with E-state index in [9.17, 15) is 18.3 Å². The molecule has 0 spiro atoms. The fraction of sp³-hybridized carbons (Fsp3) is 0.500. The number of hydrogen-bond acceptors (Lipinski definition) is 8. The summed E-state index contributed by atoms with van der Waals surface area (Å²) in [4.78, 5) is 13.4. The van der Waals surface area contributed by atoms with Gasteiger partial charge in [0.1, 0.15) is 29.0 Å². The maximum Gasteiger partial charge on any atom is 0.248 e. The average Bonchev–Trinajstić information content (AvgIpc) is 3.06. The van der Waals surface area contributed by atoms with Crippen LogP contribution in [-0.4, -0.2) is 79.1 Å². The molecule has 0 bridgehead atoms. The van der Waals surface area contributed by atoms with Gasteiger partial charge in [-0.2, -0.15) is 4.31 Å². The summed E-state index contributed by atoms with van der Waals surface area (Å²) in [5.41, 5.74) is 0.964. The first-order chi connectivity index (χ1) is 14.2. The standard InChI is InChI=1S/C20H27N3O6S/c1-14-20(16(3)29-21-14)30(26,27)23-10-8-22(9-11-23)12-18(25)13-28-19-6-4-17(5-7-19)15(2)24/h4-7,18,25H,8-13H2,1-3H3/t18-/m1/s1. The van der Waals surface area contributed by atoms with Gasteiger partial charge in [0, 0.05) is 38.3 Å². The van der Waals surface area contributed by atoms with E-state index < -0.39 is 16.1 Å². The van der Waals surface area contributed by atoms with E-state index in [2.05, 4.69) is 5.16 Å². The van der Waals surface area contributed by atoms with Crippen LogP contribution in [0.25, 0.3) is 0 Å². The van der Waals surface area contributed by atoms with Gasteiger partial charge in [-0.25, -0.2) is 8.42 Å². The zero-order chi connectivity index (χ0) is 21.9. The topological polar surface area (TPSA) is 113 Å². The second-order valence-electron chi connectivity index (χ2n) is 7.40. The van der Waals surface area contributed by atoms with Gasteiger partial charge in [0.15, 0.2) is 11.5 Å². The number of aryl methyl sites for hydroxylation is 2. The maximum atomic E-state index is 12.9. The van der Waals surface area contributed by atoms with Crippen LogP contribution in [0.3, 0.4) is 0 Å². The number of piperazine rings is 1. The first-order valence-electron chi connectivity index (χ1n) is 9.75. The minimum atomic E-state index is -3.65. The van der Waals surface area contributed by atoms with E-state index in [0.29, 0.717) is 55.5 Å². The van der Waals surface area contributed by atoms with Crippen molar-refractivity contribution in [2.75, 3.05) is 39.3 Å². The third kappa shape index (κ3) is 5.07. The minimum absolute atomic E-state index is 0.0166. The third-order valence-corrected chi connectivity index (χ3v) is 7.21. The molecule has 0 radical (unpaired) electrons. The second-order valence-corrected chi connectivity index (χ2v) is 9.28. The molecule has 0 unspecified atom stereocenters. The normalized spacial score (nSPS) is 17.1. The number of aliphatic hydroxyl groups is 1. The van der Waals surface area contributed by atoms with E-state index >= 15 is 0 Å². The molecule has 1 aliphatic heterocycles. The van der Waals surface area contributed by atoms with E-state index in [4.69, 9.17) is 9.26 Å². The van der Waals surface area contributed by atoms with Crippen LogP contribution in [0.2, 0.25) is 0 Å². The van der Waals surface area contributed by atoms with E-state index in [-0.39, 0.29) is 17.3 Å². The van der Waals surface area contributed by atoms with Gasteiger partial charge in [-0.15, -0.1) is 0 Å². The number of hydrogen-bond donors (Lipinski definition) is 1. The number of carbonyl (C=O) groups excluding carboxylic acids is 1. The molecule has 0 aliphatic carbocycles. The maximum absolute atomic E-state index is 12.9. The molecule has 1 fully saturated rings. The Bertz CT molecular complexity index is 959. The summed E-state index contributed by atoms with van der Waals surface area (Å²) < 4.78 is 37.7. The van der Waals surface area contributed by atoms with Crippen molar-refractivity contribution >= 4 is 15.8 Å². The van der Waals surface area contributed by atoms with E-state index in [1.165, 1.54) is 11.2 Å². The molecule has 1 atom stereocenters. The molecule has 2 heterocycles. The number of Topliss-reactive ketones (excluding diaryl/α,β-unsaturated/α-hetero) is 1. The van der Waals surface area contributed by atoms with Crippen molar-refractivity contribution in [3.05, 3.63) is 41.3 Å². The highest BCUT2D eigenvalue weighted by Crippen LogP contribution is 2.24. The minimum Gasteiger partial charge on any atom is -0.491 e. The zero-order valence-corrected chi connectivity index (χ0v) is 18.2. The predicted molar refractivity (Wildman–Crippen MR) is 109 cm³/mol. The van der Waals surface area contributed by atoms with Gasteiger partial charge in [-0.1, -0.05) is 5.16 Å².